The Labute approximate surface area is 187 Å². The summed E-state index contributed by atoms with van der Waals surface area (Å²) in [5.41, 5.74) is 4.50. The van der Waals surface area contributed by atoms with E-state index in [2.05, 4.69) is 27.5 Å². The highest BCUT2D eigenvalue weighted by molar-refractivity contribution is 5.99. The molecule has 2 aromatic heterocycles. The van der Waals surface area contributed by atoms with Gasteiger partial charge in [-0.15, -0.1) is 5.10 Å². The molecule has 4 rings (SSSR count). The molecule has 32 heavy (non-hydrogen) atoms. The van der Waals surface area contributed by atoms with Crippen LogP contribution in [0.25, 0.3) is 22.3 Å². The van der Waals surface area contributed by atoms with Crippen LogP contribution in [0.4, 0.5) is 11.6 Å². The number of anilines is 2. The average Bonchev–Trinajstić information content (AvgIpc) is 3.39. The summed E-state index contributed by atoms with van der Waals surface area (Å²) in [6.45, 7) is 6.17. The maximum atomic E-state index is 12.5. The number of rotatable bonds is 8. The molecule has 166 valence electrons. The third-order valence-corrected chi connectivity index (χ3v) is 5.45. The van der Waals surface area contributed by atoms with E-state index in [0.29, 0.717) is 29.5 Å². The molecular formula is C24H28N6O2. The van der Waals surface area contributed by atoms with Crippen LogP contribution in [0.5, 0.6) is 5.75 Å². The molecule has 2 heterocycles. The number of aromatic amines is 1. The van der Waals surface area contributed by atoms with E-state index in [9.17, 15) is 4.79 Å². The van der Waals surface area contributed by atoms with Crippen molar-refractivity contribution in [3.05, 3.63) is 47.7 Å². The standard InChI is InChI=1S/C24H28N6O2/c1-6-16-18-13-25-28-20(18)10-9-19(16)26-24-27-23(29-30(24)4)15-7-8-17(22(12-15)32-5)21(31)11-14(2)3/h7-10,12-14H,6,11H2,1-5H3,(H,25,28)(H,26,27,29). The monoisotopic (exact) mass is 432 g/mol. The third kappa shape index (κ3) is 4.08. The summed E-state index contributed by atoms with van der Waals surface area (Å²) in [5, 5.41) is 16.2. The normalized spacial score (nSPS) is 11.3. The fourth-order valence-electron chi connectivity index (χ4n) is 3.85. The number of ketones is 1. The van der Waals surface area contributed by atoms with Crippen molar-refractivity contribution in [1.82, 2.24) is 25.0 Å². The van der Waals surface area contributed by atoms with Gasteiger partial charge < -0.3 is 10.1 Å². The van der Waals surface area contributed by atoms with Crippen LogP contribution in [-0.2, 0) is 13.5 Å². The Morgan fingerprint density at radius 1 is 1.25 bits per heavy atom. The van der Waals surface area contributed by atoms with E-state index in [-0.39, 0.29) is 11.7 Å². The molecule has 0 spiro atoms. The second-order valence-electron chi connectivity index (χ2n) is 8.22. The fraction of sp³-hybridized carbons (Fsp3) is 0.333. The molecule has 8 heteroatoms. The van der Waals surface area contributed by atoms with Crippen LogP contribution in [0, 0.1) is 5.92 Å². The van der Waals surface area contributed by atoms with Crippen molar-refractivity contribution < 1.29 is 9.53 Å². The van der Waals surface area contributed by atoms with Gasteiger partial charge in [-0.1, -0.05) is 26.8 Å². The fourth-order valence-corrected chi connectivity index (χ4v) is 3.85. The molecule has 0 aliphatic heterocycles. The average molecular weight is 433 g/mol. The molecule has 2 aromatic carbocycles. The molecule has 0 amide bonds. The number of nitrogens with zero attached hydrogens (tertiary/aromatic N) is 4. The summed E-state index contributed by atoms with van der Waals surface area (Å²) in [5.74, 6) is 2.07. The summed E-state index contributed by atoms with van der Waals surface area (Å²) in [7, 11) is 3.42. The second-order valence-corrected chi connectivity index (χ2v) is 8.22. The van der Waals surface area contributed by atoms with Gasteiger partial charge in [-0.05, 0) is 42.2 Å². The Hall–Kier alpha value is -3.68. The van der Waals surface area contributed by atoms with E-state index in [1.165, 1.54) is 0 Å². The number of carbonyl (C=O) groups excluding carboxylic acids is 1. The Kier molecular flexibility index (Phi) is 5.94. The van der Waals surface area contributed by atoms with Crippen LogP contribution < -0.4 is 10.1 Å². The van der Waals surface area contributed by atoms with Gasteiger partial charge in [-0.2, -0.15) is 10.1 Å². The molecule has 0 bridgehead atoms. The maximum Gasteiger partial charge on any atom is 0.225 e. The summed E-state index contributed by atoms with van der Waals surface area (Å²) < 4.78 is 7.21. The Morgan fingerprint density at radius 2 is 2.06 bits per heavy atom. The predicted octanol–water partition coefficient (Wildman–Crippen LogP) is 4.90. The van der Waals surface area contributed by atoms with Crippen molar-refractivity contribution in [3.8, 4) is 17.1 Å². The molecule has 0 saturated carbocycles. The van der Waals surface area contributed by atoms with Crippen LogP contribution in [0.1, 0.15) is 43.1 Å². The van der Waals surface area contributed by atoms with Crippen molar-refractivity contribution in [2.45, 2.75) is 33.6 Å². The summed E-state index contributed by atoms with van der Waals surface area (Å²) in [4.78, 5) is 17.2. The molecule has 0 fully saturated rings. The third-order valence-electron chi connectivity index (χ3n) is 5.45. The lowest BCUT2D eigenvalue weighted by Gasteiger charge is -2.11. The van der Waals surface area contributed by atoms with Crippen molar-refractivity contribution in [2.24, 2.45) is 13.0 Å². The lowest BCUT2D eigenvalue weighted by Crippen LogP contribution is -2.06. The number of benzene rings is 2. The SMILES string of the molecule is CCc1c(Nc2nc(-c3ccc(C(=O)CC(C)C)c(OC)c3)nn2C)ccc2[nH]ncc12. The zero-order valence-corrected chi connectivity index (χ0v) is 19.1. The van der Waals surface area contributed by atoms with Gasteiger partial charge >= 0.3 is 0 Å². The highest BCUT2D eigenvalue weighted by Crippen LogP contribution is 2.30. The topological polar surface area (TPSA) is 97.7 Å². The summed E-state index contributed by atoms with van der Waals surface area (Å²) >= 11 is 0. The van der Waals surface area contributed by atoms with E-state index in [1.807, 2.05) is 51.4 Å². The molecule has 0 unspecified atom stereocenters. The Bertz CT molecular complexity index is 1270. The first-order valence-electron chi connectivity index (χ1n) is 10.8. The molecule has 0 aliphatic rings. The van der Waals surface area contributed by atoms with Gasteiger partial charge in [-0.25, -0.2) is 4.68 Å². The number of H-pyrrole nitrogens is 1. The van der Waals surface area contributed by atoms with Gasteiger partial charge in [0.15, 0.2) is 11.6 Å². The number of methoxy groups -OCH3 is 1. The first kappa shape index (κ1) is 21.5. The molecular weight excluding hydrogens is 404 g/mol. The van der Waals surface area contributed by atoms with E-state index >= 15 is 0 Å². The molecule has 0 aliphatic carbocycles. The minimum absolute atomic E-state index is 0.0708. The smallest absolute Gasteiger partial charge is 0.225 e. The van der Waals surface area contributed by atoms with Crippen LogP contribution >= 0.6 is 0 Å². The zero-order valence-electron chi connectivity index (χ0n) is 19.1. The van der Waals surface area contributed by atoms with E-state index < -0.39 is 0 Å². The first-order valence-corrected chi connectivity index (χ1v) is 10.8. The molecule has 4 aromatic rings. The zero-order chi connectivity index (χ0) is 22.8. The Morgan fingerprint density at radius 3 is 2.78 bits per heavy atom. The predicted molar refractivity (Wildman–Crippen MR) is 126 cm³/mol. The van der Waals surface area contributed by atoms with Crippen LogP contribution in [0.3, 0.4) is 0 Å². The van der Waals surface area contributed by atoms with Gasteiger partial charge in [0.1, 0.15) is 5.75 Å². The number of carbonyl (C=O) groups is 1. The molecule has 0 radical (unpaired) electrons. The van der Waals surface area contributed by atoms with Crippen molar-refractivity contribution in [1.29, 1.82) is 0 Å². The number of fused-ring (bicyclic) bond motifs is 1. The van der Waals surface area contributed by atoms with Crippen LogP contribution in [0.15, 0.2) is 36.5 Å². The number of aryl methyl sites for hydroxylation is 2. The number of hydrogen-bond acceptors (Lipinski definition) is 6. The van der Waals surface area contributed by atoms with E-state index in [1.54, 1.807) is 17.9 Å². The highest BCUT2D eigenvalue weighted by Gasteiger charge is 2.18. The highest BCUT2D eigenvalue weighted by atomic mass is 16.5. The molecule has 0 atom stereocenters. The van der Waals surface area contributed by atoms with E-state index in [4.69, 9.17) is 9.72 Å². The number of Topliss-reactive ketones (excluding diaryl/α,β-unsaturated/α-hetero) is 1. The van der Waals surface area contributed by atoms with Gasteiger partial charge in [0.25, 0.3) is 0 Å². The van der Waals surface area contributed by atoms with Crippen molar-refractivity contribution in [2.75, 3.05) is 12.4 Å². The number of ether oxygens (including phenoxy) is 1. The molecule has 8 nitrogen and oxygen atoms in total. The molecule has 0 saturated heterocycles. The van der Waals surface area contributed by atoms with Crippen molar-refractivity contribution >= 4 is 28.3 Å². The Balaban J connectivity index is 1.65. The first-order chi connectivity index (χ1) is 15.4. The number of aromatic nitrogens is 5. The van der Waals surface area contributed by atoms with Gasteiger partial charge in [0.2, 0.25) is 5.95 Å². The number of nitrogens with one attached hydrogen (secondary N) is 2. The van der Waals surface area contributed by atoms with Gasteiger partial charge in [0, 0.05) is 30.1 Å². The summed E-state index contributed by atoms with van der Waals surface area (Å²) in [6, 6.07) is 9.50. The largest absolute Gasteiger partial charge is 0.496 e. The minimum Gasteiger partial charge on any atom is -0.496 e. The van der Waals surface area contributed by atoms with Crippen LogP contribution in [-0.4, -0.2) is 37.9 Å². The van der Waals surface area contributed by atoms with Gasteiger partial charge in [-0.3, -0.25) is 9.89 Å². The second kappa shape index (κ2) is 8.82. The lowest BCUT2D eigenvalue weighted by atomic mass is 9.99. The lowest BCUT2D eigenvalue weighted by molar-refractivity contribution is 0.0965. The summed E-state index contributed by atoms with van der Waals surface area (Å²) in [6.07, 6.45) is 3.18. The number of hydrogen-bond donors (Lipinski definition) is 2. The quantitative estimate of drug-likeness (QED) is 0.384. The maximum absolute atomic E-state index is 12.5. The van der Waals surface area contributed by atoms with Crippen LogP contribution in [0.2, 0.25) is 0 Å². The van der Waals surface area contributed by atoms with Crippen molar-refractivity contribution in [3.63, 3.8) is 0 Å². The van der Waals surface area contributed by atoms with E-state index in [0.717, 1.165) is 34.1 Å². The van der Waals surface area contributed by atoms with Gasteiger partial charge in [0.05, 0.1) is 24.4 Å². The minimum atomic E-state index is 0.0708. The molecule has 2 N–H and O–H groups in total.